The van der Waals surface area contributed by atoms with E-state index >= 15 is 0 Å². The highest BCUT2D eigenvalue weighted by atomic mass is 15.3. The van der Waals surface area contributed by atoms with Crippen LogP contribution in [0.4, 0.5) is 0 Å². The van der Waals surface area contributed by atoms with Crippen LogP contribution in [-0.2, 0) is 0 Å². The number of hydrogen-bond acceptors (Lipinski definition) is 3. The van der Waals surface area contributed by atoms with Gasteiger partial charge in [0, 0.05) is 0 Å². The Morgan fingerprint density at radius 1 is 1.55 bits per heavy atom. The number of rotatable bonds is 2. The van der Waals surface area contributed by atoms with E-state index in [1.165, 1.54) is 5.56 Å². The van der Waals surface area contributed by atoms with Gasteiger partial charge in [0.15, 0.2) is 0 Å². The first kappa shape index (κ1) is 8.11. The van der Waals surface area contributed by atoms with Gasteiger partial charge in [-0.05, 0) is 30.0 Å². The van der Waals surface area contributed by atoms with Gasteiger partial charge < -0.3 is 0 Å². The van der Waals surface area contributed by atoms with Gasteiger partial charge in [0.05, 0.1) is 11.9 Å². The van der Waals surface area contributed by atoms with Crippen molar-refractivity contribution in [2.75, 3.05) is 0 Å². The molecule has 1 unspecified atom stereocenters. The summed E-state index contributed by atoms with van der Waals surface area (Å²) < 4.78 is 0. The fourth-order valence-corrected chi connectivity index (χ4v) is 1.04. The van der Waals surface area contributed by atoms with Crippen LogP contribution in [0.25, 0.3) is 0 Å². The summed E-state index contributed by atoms with van der Waals surface area (Å²) in [6.45, 7) is 6.30. The molecule has 0 radical (unpaired) electrons. The summed E-state index contributed by atoms with van der Waals surface area (Å²) in [4.78, 5) is 0. The second-order valence-electron chi connectivity index (χ2n) is 2.78. The Morgan fingerprint density at radius 3 is 2.82 bits per heavy atom. The molecule has 3 heteroatoms. The molecule has 0 aromatic carbocycles. The van der Waals surface area contributed by atoms with Gasteiger partial charge >= 0.3 is 0 Å². The third kappa shape index (κ3) is 1.73. The van der Waals surface area contributed by atoms with Gasteiger partial charge in [-0.1, -0.05) is 13.8 Å². The molecule has 0 N–H and O–H groups in total. The van der Waals surface area contributed by atoms with Crippen molar-refractivity contribution in [2.24, 2.45) is 0 Å². The Morgan fingerprint density at radius 2 is 2.27 bits per heavy atom. The molecule has 1 aromatic heterocycles. The van der Waals surface area contributed by atoms with Crippen LogP contribution in [-0.4, -0.2) is 15.4 Å². The summed E-state index contributed by atoms with van der Waals surface area (Å²) in [5.41, 5.74) is 2.21. The molecule has 1 atom stereocenters. The molecule has 1 heterocycles. The molecule has 0 bridgehead atoms. The van der Waals surface area contributed by atoms with Crippen molar-refractivity contribution in [3.8, 4) is 0 Å². The van der Waals surface area contributed by atoms with Crippen molar-refractivity contribution in [1.29, 1.82) is 0 Å². The molecule has 0 saturated carbocycles. The lowest BCUT2D eigenvalue weighted by atomic mass is 9.99. The lowest BCUT2D eigenvalue weighted by Crippen LogP contribution is -2.00. The van der Waals surface area contributed by atoms with Crippen LogP contribution in [0.1, 0.15) is 37.4 Å². The highest BCUT2D eigenvalue weighted by Gasteiger charge is 2.06. The van der Waals surface area contributed by atoms with Crippen molar-refractivity contribution in [3.63, 3.8) is 0 Å². The number of nitrogens with zero attached hydrogens (tertiary/aromatic N) is 3. The van der Waals surface area contributed by atoms with E-state index in [1.807, 2.05) is 6.92 Å². The Hall–Kier alpha value is -0.990. The van der Waals surface area contributed by atoms with Crippen molar-refractivity contribution < 1.29 is 0 Å². The Bertz CT molecular complexity index is 235. The normalized spacial score (nSPS) is 13.0. The highest BCUT2D eigenvalue weighted by Crippen LogP contribution is 2.18. The van der Waals surface area contributed by atoms with Crippen LogP contribution in [0.15, 0.2) is 6.20 Å². The standard InChI is InChI=1S/C8H13N3/c1-4-6(2)8-5-9-11-10-7(8)3/h5-6H,4H2,1-3H3. The fourth-order valence-electron chi connectivity index (χ4n) is 1.04. The summed E-state index contributed by atoms with van der Waals surface area (Å²) >= 11 is 0. The molecular weight excluding hydrogens is 138 g/mol. The Balaban J connectivity index is 2.93. The molecule has 0 aliphatic heterocycles. The van der Waals surface area contributed by atoms with Gasteiger partial charge in [0.25, 0.3) is 0 Å². The lowest BCUT2D eigenvalue weighted by Gasteiger charge is -2.08. The van der Waals surface area contributed by atoms with Gasteiger partial charge in [0.1, 0.15) is 0 Å². The van der Waals surface area contributed by atoms with Gasteiger partial charge in [-0.3, -0.25) is 0 Å². The maximum absolute atomic E-state index is 3.89. The largest absolute Gasteiger partial charge is 0.138 e. The highest BCUT2D eigenvalue weighted by molar-refractivity contribution is 5.17. The van der Waals surface area contributed by atoms with E-state index in [1.54, 1.807) is 6.20 Å². The number of aryl methyl sites for hydroxylation is 1. The summed E-state index contributed by atoms with van der Waals surface area (Å²) in [5.74, 6) is 0.540. The van der Waals surface area contributed by atoms with Gasteiger partial charge in [-0.2, -0.15) is 0 Å². The average Bonchev–Trinajstić information content (AvgIpc) is 2.04. The van der Waals surface area contributed by atoms with Crippen LogP contribution >= 0.6 is 0 Å². The second kappa shape index (κ2) is 3.42. The van der Waals surface area contributed by atoms with E-state index in [4.69, 9.17) is 0 Å². The van der Waals surface area contributed by atoms with E-state index in [0.717, 1.165) is 12.1 Å². The minimum atomic E-state index is 0.540. The Kier molecular flexibility index (Phi) is 2.52. The molecule has 60 valence electrons. The van der Waals surface area contributed by atoms with Gasteiger partial charge in [-0.25, -0.2) is 0 Å². The summed E-state index contributed by atoms with van der Waals surface area (Å²) in [6.07, 6.45) is 2.92. The SMILES string of the molecule is CCC(C)c1cnnnc1C. The zero-order valence-corrected chi connectivity index (χ0v) is 7.20. The maximum Gasteiger partial charge on any atom is 0.0668 e. The molecule has 3 nitrogen and oxygen atoms in total. The van der Waals surface area contributed by atoms with E-state index in [9.17, 15) is 0 Å². The quantitative estimate of drug-likeness (QED) is 0.645. The third-order valence-corrected chi connectivity index (χ3v) is 2.00. The van der Waals surface area contributed by atoms with Crippen molar-refractivity contribution in [3.05, 3.63) is 17.5 Å². The van der Waals surface area contributed by atoms with Crippen molar-refractivity contribution in [2.45, 2.75) is 33.1 Å². The van der Waals surface area contributed by atoms with Crippen LogP contribution in [0.3, 0.4) is 0 Å². The monoisotopic (exact) mass is 151 g/mol. The second-order valence-corrected chi connectivity index (χ2v) is 2.78. The number of hydrogen-bond donors (Lipinski definition) is 0. The first-order valence-corrected chi connectivity index (χ1v) is 3.90. The third-order valence-electron chi connectivity index (χ3n) is 2.00. The van der Waals surface area contributed by atoms with E-state index in [2.05, 4.69) is 29.3 Å². The zero-order chi connectivity index (χ0) is 8.27. The number of aromatic nitrogens is 3. The van der Waals surface area contributed by atoms with Gasteiger partial charge in [-0.15, -0.1) is 10.2 Å². The Labute approximate surface area is 66.9 Å². The summed E-state index contributed by atoms with van der Waals surface area (Å²) in [6, 6.07) is 0. The molecule has 11 heavy (non-hydrogen) atoms. The molecular formula is C8H13N3. The van der Waals surface area contributed by atoms with Crippen LogP contribution < -0.4 is 0 Å². The molecule has 0 aliphatic rings. The smallest absolute Gasteiger partial charge is 0.0668 e. The minimum absolute atomic E-state index is 0.540. The summed E-state index contributed by atoms with van der Waals surface area (Å²) in [5, 5.41) is 11.2. The van der Waals surface area contributed by atoms with E-state index in [0.29, 0.717) is 5.92 Å². The van der Waals surface area contributed by atoms with Crippen LogP contribution in [0, 0.1) is 6.92 Å². The van der Waals surface area contributed by atoms with Gasteiger partial charge in [0.2, 0.25) is 0 Å². The predicted octanol–water partition coefficient (Wildman–Crippen LogP) is 1.69. The summed E-state index contributed by atoms with van der Waals surface area (Å²) in [7, 11) is 0. The first-order valence-electron chi connectivity index (χ1n) is 3.90. The van der Waals surface area contributed by atoms with E-state index < -0.39 is 0 Å². The molecule has 0 spiro atoms. The fraction of sp³-hybridized carbons (Fsp3) is 0.625. The molecule has 1 aromatic rings. The molecule has 0 fully saturated rings. The molecule has 0 aliphatic carbocycles. The minimum Gasteiger partial charge on any atom is -0.138 e. The van der Waals surface area contributed by atoms with Crippen LogP contribution in [0.5, 0.6) is 0 Å². The van der Waals surface area contributed by atoms with E-state index in [-0.39, 0.29) is 0 Å². The lowest BCUT2D eigenvalue weighted by molar-refractivity contribution is 0.694. The maximum atomic E-state index is 3.89. The molecule has 1 rings (SSSR count). The predicted molar refractivity (Wildman–Crippen MR) is 43.3 cm³/mol. The first-order chi connectivity index (χ1) is 5.25. The zero-order valence-electron chi connectivity index (χ0n) is 7.20. The van der Waals surface area contributed by atoms with Crippen molar-refractivity contribution >= 4 is 0 Å². The molecule has 0 amide bonds. The average molecular weight is 151 g/mol. The molecule has 0 saturated heterocycles. The van der Waals surface area contributed by atoms with Crippen molar-refractivity contribution in [1.82, 2.24) is 15.4 Å². The van der Waals surface area contributed by atoms with Crippen LogP contribution in [0.2, 0.25) is 0 Å². The topological polar surface area (TPSA) is 38.7 Å².